The maximum atomic E-state index is 5.93. The smallest absolute Gasteiger partial charge is 0.0604 e. The first-order chi connectivity index (χ1) is 8.20. The highest BCUT2D eigenvalue weighted by Gasteiger charge is 2.11. The Balaban J connectivity index is 2.19. The summed E-state index contributed by atoms with van der Waals surface area (Å²) in [7, 11) is 0. The van der Waals surface area contributed by atoms with Crippen LogP contribution < -0.4 is 11.1 Å². The molecule has 3 N–H and O–H groups in total. The lowest BCUT2D eigenvalue weighted by Gasteiger charge is -2.18. The Labute approximate surface area is 110 Å². The summed E-state index contributed by atoms with van der Waals surface area (Å²) in [6, 6.07) is 10.0. The number of nitrogens with two attached hydrogens (primary N) is 1. The number of benzene rings is 1. The van der Waals surface area contributed by atoms with E-state index in [1.165, 1.54) is 4.88 Å². The number of hydrogen-bond donors (Lipinski definition) is 2. The van der Waals surface area contributed by atoms with Gasteiger partial charge in [-0.25, -0.2) is 0 Å². The maximum absolute atomic E-state index is 5.93. The highest BCUT2D eigenvalue weighted by molar-refractivity contribution is 7.10. The van der Waals surface area contributed by atoms with Crippen LogP contribution in [0.15, 0.2) is 35.7 Å². The summed E-state index contributed by atoms with van der Waals surface area (Å²) < 4.78 is 0. The fourth-order valence-corrected chi connectivity index (χ4v) is 2.76. The van der Waals surface area contributed by atoms with Crippen molar-refractivity contribution < 1.29 is 0 Å². The van der Waals surface area contributed by atoms with Crippen molar-refractivity contribution in [1.82, 2.24) is 0 Å². The second kappa shape index (κ2) is 5.43. The first-order valence-electron chi connectivity index (χ1n) is 5.55. The molecule has 1 aromatic carbocycles. The molecule has 1 aromatic heterocycles. The van der Waals surface area contributed by atoms with Crippen LogP contribution in [0.1, 0.15) is 24.3 Å². The van der Waals surface area contributed by atoms with E-state index in [-0.39, 0.29) is 0 Å². The van der Waals surface area contributed by atoms with Gasteiger partial charge in [0.2, 0.25) is 0 Å². The summed E-state index contributed by atoms with van der Waals surface area (Å²) in [6.45, 7) is 2.16. The van der Waals surface area contributed by atoms with Gasteiger partial charge < -0.3 is 11.1 Å². The molecule has 90 valence electrons. The van der Waals surface area contributed by atoms with Crippen molar-refractivity contribution in [3.63, 3.8) is 0 Å². The molecule has 4 heteroatoms. The quantitative estimate of drug-likeness (QED) is 0.797. The van der Waals surface area contributed by atoms with Gasteiger partial charge >= 0.3 is 0 Å². The fourth-order valence-electron chi connectivity index (χ4n) is 1.72. The third kappa shape index (κ3) is 2.93. The molecular formula is C13H15ClN2S. The van der Waals surface area contributed by atoms with Crippen LogP contribution in [0.2, 0.25) is 5.02 Å². The van der Waals surface area contributed by atoms with Crippen LogP contribution in [-0.4, -0.2) is 0 Å². The van der Waals surface area contributed by atoms with Gasteiger partial charge in [0.1, 0.15) is 0 Å². The minimum atomic E-state index is 0.304. The lowest BCUT2D eigenvalue weighted by atomic mass is 10.1. The minimum Gasteiger partial charge on any atom is -0.397 e. The summed E-state index contributed by atoms with van der Waals surface area (Å²) in [4.78, 5) is 1.32. The molecule has 0 bridgehead atoms. The van der Waals surface area contributed by atoms with Gasteiger partial charge in [0, 0.05) is 9.90 Å². The van der Waals surface area contributed by atoms with Crippen molar-refractivity contribution in [2.24, 2.45) is 0 Å². The first-order valence-corrected chi connectivity index (χ1v) is 6.81. The van der Waals surface area contributed by atoms with Gasteiger partial charge in [-0.3, -0.25) is 0 Å². The highest BCUT2D eigenvalue weighted by atomic mass is 35.5. The Kier molecular flexibility index (Phi) is 3.92. The van der Waals surface area contributed by atoms with Crippen LogP contribution in [0.25, 0.3) is 0 Å². The van der Waals surface area contributed by atoms with Crippen molar-refractivity contribution in [1.29, 1.82) is 0 Å². The van der Waals surface area contributed by atoms with Crippen LogP contribution >= 0.6 is 22.9 Å². The zero-order valence-corrected chi connectivity index (χ0v) is 11.2. The molecule has 0 spiro atoms. The highest BCUT2D eigenvalue weighted by Crippen LogP contribution is 2.30. The lowest BCUT2D eigenvalue weighted by molar-refractivity contribution is 0.764. The van der Waals surface area contributed by atoms with E-state index in [1.54, 1.807) is 17.4 Å². The van der Waals surface area contributed by atoms with Crippen LogP contribution in [0.5, 0.6) is 0 Å². The van der Waals surface area contributed by atoms with E-state index in [0.717, 1.165) is 12.1 Å². The van der Waals surface area contributed by atoms with Crippen LogP contribution in [0.4, 0.5) is 11.4 Å². The molecule has 1 heterocycles. The average molecular weight is 267 g/mol. The largest absolute Gasteiger partial charge is 0.397 e. The van der Waals surface area contributed by atoms with Gasteiger partial charge in [-0.1, -0.05) is 24.6 Å². The molecule has 1 unspecified atom stereocenters. The topological polar surface area (TPSA) is 38.0 Å². The van der Waals surface area contributed by atoms with E-state index < -0.39 is 0 Å². The predicted molar refractivity (Wildman–Crippen MR) is 76.8 cm³/mol. The molecule has 17 heavy (non-hydrogen) atoms. The number of anilines is 2. The minimum absolute atomic E-state index is 0.304. The van der Waals surface area contributed by atoms with Gasteiger partial charge in [-0.15, -0.1) is 11.3 Å². The molecule has 0 aliphatic carbocycles. The number of halogens is 1. The number of rotatable bonds is 4. The molecule has 0 aliphatic heterocycles. The number of nitrogen functional groups attached to an aromatic ring is 1. The van der Waals surface area contributed by atoms with Crippen molar-refractivity contribution >= 4 is 34.3 Å². The van der Waals surface area contributed by atoms with Crippen molar-refractivity contribution in [3.8, 4) is 0 Å². The van der Waals surface area contributed by atoms with Crippen molar-refractivity contribution in [2.75, 3.05) is 11.1 Å². The molecule has 0 radical (unpaired) electrons. The molecule has 2 nitrogen and oxygen atoms in total. The van der Waals surface area contributed by atoms with E-state index in [2.05, 4.69) is 29.8 Å². The van der Waals surface area contributed by atoms with Crippen molar-refractivity contribution in [2.45, 2.75) is 19.4 Å². The van der Waals surface area contributed by atoms with Gasteiger partial charge in [0.15, 0.2) is 0 Å². The third-order valence-electron chi connectivity index (χ3n) is 2.64. The first kappa shape index (κ1) is 12.3. The lowest BCUT2D eigenvalue weighted by Crippen LogP contribution is -2.09. The van der Waals surface area contributed by atoms with Crippen LogP contribution in [0, 0.1) is 0 Å². The third-order valence-corrected chi connectivity index (χ3v) is 3.86. The number of nitrogens with one attached hydrogen (secondary N) is 1. The summed E-state index contributed by atoms with van der Waals surface area (Å²) in [5.41, 5.74) is 7.56. The maximum Gasteiger partial charge on any atom is 0.0604 e. The molecule has 0 fully saturated rings. The van der Waals surface area contributed by atoms with E-state index in [0.29, 0.717) is 16.8 Å². The van der Waals surface area contributed by atoms with Crippen molar-refractivity contribution in [3.05, 3.63) is 45.6 Å². The second-order valence-electron chi connectivity index (χ2n) is 3.85. The standard InChI is InChI=1S/C13H15ClN2S/c1-2-11(13-4-3-7-17-13)16-12-6-5-9(14)8-10(12)15/h3-8,11,16H,2,15H2,1H3. The van der Waals surface area contributed by atoms with E-state index in [9.17, 15) is 0 Å². The summed E-state index contributed by atoms with van der Waals surface area (Å²) in [5, 5.41) is 6.21. The monoisotopic (exact) mass is 266 g/mol. The summed E-state index contributed by atoms with van der Waals surface area (Å²) in [6.07, 6.45) is 1.02. The number of hydrogen-bond acceptors (Lipinski definition) is 3. The predicted octanol–water partition coefficient (Wildman–Crippen LogP) is 4.55. The zero-order valence-electron chi connectivity index (χ0n) is 9.61. The Hall–Kier alpha value is -1.19. The molecular weight excluding hydrogens is 252 g/mol. The summed E-state index contributed by atoms with van der Waals surface area (Å²) in [5.74, 6) is 0. The molecule has 2 aromatic rings. The van der Waals surface area contributed by atoms with Gasteiger partial charge in [0.25, 0.3) is 0 Å². The van der Waals surface area contributed by atoms with E-state index in [4.69, 9.17) is 17.3 Å². The summed E-state index contributed by atoms with van der Waals surface area (Å²) >= 11 is 7.64. The van der Waals surface area contributed by atoms with Gasteiger partial charge in [-0.2, -0.15) is 0 Å². The molecule has 1 atom stereocenters. The Morgan fingerprint density at radius 2 is 2.24 bits per heavy atom. The fraction of sp³-hybridized carbons (Fsp3) is 0.231. The molecule has 2 rings (SSSR count). The molecule has 0 saturated carbocycles. The van der Waals surface area contributed by atoms with Gasteiger partial charge in [-0.05, 0) is 36.1 Å². The Morgan fingerprint density at radius 1 is 1.41 bits per heavy atom. The normalized spacial score (nSPS) is 12.4. The Morgan fingerprint density at radius 3 is 2.82 bits per heavy atom. The van der Waals surface area contributed by atoms with E-state index >= 15 is 0 Å². The Bertz CT molecular complexity index is 482. The van der Waals surface area contributed by atoms with Gasteiger partial charge in [0.05, 0.1) is 17.4 Å². The second-order valence-corrected chi connectivity index (χ2v) is 5.27. The van der Waals surface area contributed by atoms with Crippen LogP contribution in [0.3, 0.4) is 0 Å². The molecule has 0 saturated heterocycles. The van der Waals surface area contributed by atoms with Crippen LogP contribution in [-0.2, 0) is 0 Å². The average Bonchev–Trinajstić information content (AvgIpc) is 2.81. The zero-order chi connectivity index (χ0) is 12.3. The van der Waals surface area contributed by atoms with E-state index in [1.807, 2.05) is 12.1 Å². The number of thiophene rings is 1. The molecule has 0 aliphatic rings. The SMILES string of the molecule is CCC(Nc1ccc(Cl)cc1N)c1cccs1. The molecule has 0 amide bonds.